The summed E-state index contributed by atoms with van der Waals surface area (Å²) in [5.74, 6) is 1.78. The zero-order chi connectivity index (χ0) is 20.2. The maximum atomic E-state index is 13.3. The summed E-state index contributed by atoms with van der Waals surface area (Å²) in [4.78, 5) is 13.7. The van der Waals surface area contributed by atoms with Gasteiger partial charge in [0.1, 0.15) is 22.8 Å². The second-order valence-electron chi connectivity index (χ2n) is 7.61. The number of hydrogen-bond donors (Lipinski definition) is 0. The molecule has 2 aromatic carbocycles. The minimum Gasteiger partial charge on any atom is -0.494 e. The molecule has 4 rings (SSSR count). The SMILES string of the molecule is CC(=O)c1ccc(OCCCN2CCC(c3onc4cc(F)ccc34)CC2)cc1. The van der Waals surface area contributed by atoms with Gasteiger partial charge in [0, 0.05) is 29.5 Å². The Balaban J connectivity index is 1.21. The number of benzene rings is 2. The first-order valence-electron chi connectivity index (χ1n) is 10.1. The number of Topliss-reactive ketones (excluding diaryl/α,β-unsaturated/α-hetero) is 1. The summed E-state index contributed by atoms with van der Waals surface area (Å²) >= 11 is 0. The quantitative estimate of drug-likeness (QED) is 0.423. The number of piperidine rings is 1. The average Bonchev–Trinajstić information content (AvgIpc) is 3.15. The highest BCUT2D eigenvalue weighted by molar-refractivity contribution is 5.94. The third-order valence-corrected chi connectivity index (χ3v) is 5.57. The van der Waals surface area contributed by atoms with Crippen LogP contribution in [0.15, 0.2) is 47.0 Å². The van der Waals surface area contributed by atoms with Crippen LogP contribution in [0.4, 0.5) is 4.39 Å². The molecular weight excluding hydrogens is 371 g/mol. The Morgan fingerprint density at radius 2 is 1.97 bits per heavy atom. The van der Waals surface area contributed by atoms with Crippen LogP contribution in [0, 0.1) is 5.82 Å². The minimum absolute atomic E-state index is 0.0606. The second kappa shape index (κ2) is 8.74. The Labute approximate surface area is 169 Å². The number of fused-ring (bicyclic) bond motifs is 1. The third kappa shape index (κ3) is 4.65. The van der Waals surface area contributed by atoms with Crippen molar-refractivity contribution in [3.05, 3.63) is 59.6 Å². The molecule has 3 aromatic rings. The van der Waals surface area contributed by atoms with Crippen molar-refractivity contribution in [1.29, 1.82) is 0 Å². The summed E-state index contributed by atoms with van der Waals surface area (Å²) in [6.45, 7) is 5.20. The molecule has 0 N–H and O–H groups in total. The number of likely N-dealkylation sites (tertiary alicyclic amines) is 1. The molecule has 0 unspecified atom stereocenters. The van der Waals surface area contributed by atoms with Gasteiger partial charge >= 0.3 is 0 Å². The average molecular weight is 396 g/mol. The number of carbonyl (C=O) groups excluding carboxylic acids is 1. The molecule has 1 aromatic heterocycles. The van der Waals surface area contributed by atoms with Gasteiger partial charge in [-0.3, -0.25) is 4.79 Å². The van der Waals surface area contributed by atoms with Crippen molar-refractivity contribution in [2.75, 3.05) is 26.2 Å². The van der Waals surface area contributed by atoms with Gasteiger partial charge in [-0.2, -0.15) is 0 Å². The molecule has 0 spiro atoms. The Kier molecular flexibility index (Phi) is 5.90. The lowest BCUT2D eigenvalue weighted by Crippen LogP contribution is -2.34. The number of hydrogen-bond acceptors (Lipinski definition) is 5. The standard InChI is InChI=1S/C23H25FN2O3/c1-16(27)17-3-6-20(7-4-17)28-14-2-11-26-12-9-18(10-13-26)23-21-8-5-19(24)15-22(21)25-29-23/h3-8,15,18H,2,9-14H2,1H3. The van der Waals surface area contributed by atoms with Crippen LogP contribution in [0.5, 0.6) is 5.75 Å². The summed E-state index contributed by atoms with van der Waals surface area (Å²) in [5, 5.41) is 4.94. The Morgan fingerprint density at radius 3 is 2.69 bits per heavy atom. The van der Waals surface area contributed by atoms with Crippen LogP contribution in [0.2, 0.25) is 0 Å². The zero-order valence-corrected chi connectivity index (χ0v) is 16.6. The number of rotatable bonds is 7. The van der Waals surface area contributed by atoms with Gasteiger partial charge in [0.2, 0.25) is 0 Å². The van der Waals surface area contributed by atoms with Gasteiger partial charge in [0.05, 0.1) is 6.61 Å². The molecule has 6 heteroatoms. The topological polar surface area (TPSA) is 55.6 Å². The van der Waals surface area contributed by atoms with Crippen LogP contribution in [-0.4, -0.2) is 42.1 Å². The van der Waals surface area contributed by atoms with E-state index in [1.807, 2.05) is 12.1 Å². The van der Waals surface area contributed by atoms with Crippen LogP contribution in [0.3, 0.4) is 0 Å². The van der Waals surface area contributed by atoms with Crippen molar-refractivity contribution in [2.24, 2.45) is 0 Å². The van der Waals surface area contributed by atoms with Crippen LogP contribution in [-0.2, 0) is 0 Å². The molecule has 0 radical (unpaired) electrons. The van der Waals surface area contributed by atoms with E-state index >= 15 is 0 Å². The largest absolute Gasteiger partial charge is 0.494 e. The van der Waals surface area contributed by atoms with Gasteiger partial charge in [-0.05, 0) is 75.7 Å². The number of ketones is 1. The maximum Gasteiger partial charge on any atom is 0.159 e. The van der Waals surface area contributed by atoms with Crippen molar-refractivity contribution >= 4 is 16.7 Å². The summed E-state index contributed by atoms with van der Waals surface area (Å²) in [7, 11) is 0. The normalized spacial score (nSPS) is 15.7. The molecule has 2 heterocycles. The number of aromatic nitrogens is 1. The van der Waals surface area contributed by atoms with E-state index in [0.717, 1.165) is 55.8 Å². The third-order valence-electron chi connectivity index (χ3n) is 5.57. The fraction of sp³-hybridized carbons (Fsp3) is 0.391. The highest BCUT2D eigenvalue weighted by Crippen LogP contribution is 2.33. The Morgan fingerprint density at radius 1 is 1.21 bits per heavy atom. The predicted octanol–water partition coefficient (Wildman–Crippen LogP) is 4.82. The van der Waals surface area contributed by atoms with Crippen LogP contribution in [0.1, 0.15) is 48.2 Å². The lowest BCUT2D eigenvalue weighted by Gasteiger charge is -2.30. The first-order valence-corrected chi connectivity index (χ1v) is 10.1. The number of nitrogens with zero attached hydrogens (tertiary/aromatic N) is 2. The van der Waals surface area contributed by atoms with E-state index in [1.165, 1.54) is 12.1 Å². The van der Waals surface area contributed by atoms with Gasteiger partial charge in [0.25, 0.3) is 0 Å². The Hall–Kier alpha value is -2.73. The van der Waals surface area contributed by atoms with Crippen molar-refractivity contribution in [3.63, 3.8) is 0 Å². The van der Waals surface area contributed by atoms with E-state index in [9.17, 15) is 9.18 Å². The van der Waals surface area contributed by atoms with Gasteiger partial charge in [-0.25, -0.2) is 4.39 Å². The van der Waals surface area contributed by atoms with E-state index < -0.39 is 0 Å². The molecule has 0 bridgehead atoms. The number of carbonyl (C=O) groups is 1. The summed E-state index contributed by atoms with van der Waals surface area (Å²) in [5.41, 5.74) is 1.29. The van der Waals surface area contributed by atoms with Gasteiger partial charge < -0.3 is 14.2 Å². The van der Waals surface area contributed by atoms with E-state index in [1.54, 1.807) is 25.1 Å². The van der Waals surface area contributed by atoms with Crippen LogP contribution in [0.25, 0.3) is 10.9 Å². The molecular formula is C23H25FN2O3. The molecule has 1 aliphatic heterocycles. The Bertz CT molecular complexity index is 975. The monoisotopic (exact) mass is 396 g/mol. The maximum absolute atomic E-state index is 13.3. The molecule has 29 heavy (non-hydrogen) atoms. The molecule has 0 amide bonds. The van der Waals surface area contributed by atoms with Crippen molar-refractivity contribution in [2.45, 2.75) is 32.1 Å². The van der Waals surface area contributed by atoms with Gasteiger partial charge in [-0.15, -0.1) is 0 Å². The highest BCUT2D eigenvalue weighted by atomic mass is 19.1. The highest BCUT2D eigenvalue weighted by Gasteiger charge is 2.25. The van der Waals surface area contributed by atoms with E-state index in [4.69, 9.17) is 9.26 Å². The predicted molar refractivity (Wildman–Crippen MR) is 109 cm³/mol. The minimum atomic E-state index is -0.288. The first-order chi connectivity index (χ1) is 14.1. The fourth-order valence-electron chi connectivity index (χ4n) is 3.91. The van der Waals surface area contributed by atoms with E-state index in [2.05, 4.69) is 10.1 Å². The molecule has 5 nitrogen and oxygen atoms in total. The zero-order valence-electron chi connectivity index (χ0n) is 16.6. The molecule has 0 atom stereocenters. The van der Waals surface area contributed by atoms with Crippen LogP contribution < -0.4 is 4.74 Å². The number of ether oxygens (including phenoxy) is 1. The lowest BCUT2D eigenvalue weighted by atomic mass is 9.92. The summed E-state index contributed by atoms with van der Waals surface area (Å²) in [6, 6.07) is 11.9. The van der Waals surface area contributed by atoms with Crippen LogP contribution >= 0.6 is 0 Å². The smallest absolute Gasteiger partial charge is 0.159 e. The molecule has 1 fully saturated rings. The van der Waals surface area contributed by atoms with Crippen molar-refractivity contribution < 1.29 is 18.4 Å². The van der Waals surface area contributed by atoms with Gasteiger partial charge in [0.15, 0.2) is 5.78 Å². The van der Waals surface area contributed by atoms with E-state index in [0.29, 0.717) is 23.6 Å². The molecule has 1 saturated heterocycles. The summed E-state index contributed by atoms with van der Waals surface area (Å²) in [6.07, 6.45) is 2.97. The molecule has 1 aliphatic rings. The molecule has 0 saturated carbocycles. The summed E-state index contributed by atoms with van der Waals surface area (Å²) < 4.78 is 24.6. The van der Waals surface area contributed by atoms with Gasteiger partial charge in [-0.1, -0.05) is 5.16 Å². The second-order valence-corrected chi connectivity index (χ2v) is 7.61. The molecule has 152 valence electrons. The lowest BCUT2D eigenvalue weighted by molar-refractivity contribution is 0.101. The van der Waals surface area contributed by atoms with Crippen molar-refractivity contribution in [3.8, 4) is 5.75 Å². The fourth-order valence-corrected chi connectivity index (χ4v) is 3.91. The number of halogens is 1. The van der Waals surface area contributed by atoms with E-state index in [-0.39, 0.29) is 11.6 Å². The molecule has 0 aliphatic carbocycles. The van der Waals surface area contributed by atoms with Crippen molar-refractivity contribution in [1.82, 2.24) is 10.1 Å². The first kappa shape index (κ1) is 19.6.